The zero-order valence-corrected chi connectivity index (χ0v) is 9.68. The first-order chi connectivity index (χ1) is 7.31. The lowest BCUT2D eigenvalue weighted by Crippen LogP contribution is -2.11. The van der Waals surface area contributed by atoms with Gasteiger partial charge < -0.3 is 10.1 Å². The number of benzene rings is 1. The van der Waals surface area contributed by atoms with Gasteiger partial charge in [-0.2, -0.15) is 0 Å². The van der Waals surface area contributed by atoms with Crippen molar-refractivity contribution < 1.29 is 4.74 Å². The lowest BCUT2D eigenvalue weighted by molar-refractivity contribution is 0.414. The third-order valence-electron chi connectivity index (χ3n) is 2.93. The van der Waals surface area contributed by atoms with E-state index in [1.807, 2.05) is 12.1 Å². The van der Waals surface area contributed by atoms with E-state index in [0.29, 0.717) is 0 Å². The molecule has 1 aliphatic rings. The number of halogens is 1. The van der Waals surface area contributed by atoms with Gasteiger partial charge in [0.2, 0.25) is 0 Å². The summed E-state index contributed by atoms with van der Waals surface area (Å²) in [6.07, 6.45) is 2.29. The van der Waals surface area contributed by atoms with Gasteiger partial charge in [0.05, 0.1) is 12.1 Å². The maximum Gasteiger partial charge on any atom is 0.137 e. The number of hydrogen-bond acceptors (Lipinski definition) is 2. The van der Waals surface area contributed by atoms with Crippen molar-refractivity contribution in [1.82, 2.24) is 5.32 Å². The van der Waals surface area contributed by atoms with E-state index in [4.69, 9.17) is 16.3 Å². The first kappa shape index (κ1) is 10.8. The van der Waals surface area contributed by atoms with Gasteiger partial charge in [0.15, 0.2) is 0 Å². The normalized spacial score (nSPS) is 20.5. The molecular weight excluding hydrogens is 210 g/mol. The second-order valence-electron chi connectivity index (χ2n) is 4.00. The quantitative estimate of drug-likeness (QED) is 0.854. The first-order valence-electron chi connectivity index (χ1n) is 5.33. The molecule has 1 N–H and O–H groups in total. The molecule has 0 amide bonds. The van der Waals surface area contributed by atoms with Crippen molar-refractivity contribution in [2.75, 3.05) is 20.2 Å². The molecule has 15 heavy (non-hydrogen) atoms. The Morgan fingerprint density at radius 2 is 2.40 bits per heavy atom. The van der Waals surface area contributed by atoms with Crippen LogP contribution in [0.4, 0.5) is 0 Å². The van der Waals surface area contributed by atoms with Crippen molar-refractivity contribution in [3.8, 4) is 5.75 Å². The van der Waals surface area contributed by atoms with Crippen LogP contribution in [0.5, 0.6) is 5.75 Å². The Hall–Kier alpha value is -0.730. The lowest BCUT2D eigenvalue weighted by atomic mass is 9.98. The van der Waals surface area contributed by atoms with Crippen molar-refractivity contribution in [2.45, 2.75) is 12.8 Å². The van der Waals surface area contributed by atoms with Gasteiger partial charge in [-0.25, -0.2) is 0 Å². The molecule has 0 radical (unpaired) electrons. The molecule has 0 aliphatic carbocycles. The van der Waals surface area contributed by atoms with Crippen molar-refractivity contribution >= 4 is 11.6 Å². The van der Waals surface area contributed by atoms with Gasteiger partial charge in [-0.1, -0.05) is 23.7 Å². The van der Waals surface area contributed by atoms with E-state index < -0.39 is 0 Å². The van der Waals surface area contributed by atoms with Crippen LogP contribution >= 0.6 is 11.6 Å². The highest BCUT2D eigenvalue weighted by Gasteiger charge is 2.17. The van der Waals surface area contributed by atoms with Gasteiger partial charge in [0.25, 0.3) is 0 Å². The molecule has 1 aromatic rings. The van der Waals surface area contributed by atoms with Crippen LogP contribution in [0.1, 0.15) is 12.0 Å². The minimum Gasteiger partial charge on any atom is -0.495 e. The Labute approximate surface area is 95.6 Å². The van der Waals surface area contributed by atoms with Gasteiger partial charge in [0.1, 0.15) is 5.75 Å². The van der Waals surface area contributed by atoms with Crippen molar-refractivity contribution in [3.63, 3.8) is 0 Å². The average molecular weight is 226 g/mol. The summed E-state index contributed by atoms with van der Waals surface area (Å²) in [6, 6.07) is 5.99. The van der Waals surface area contributed by atoms with E-state index in [1.54, 1.807) is 7.11 Å². The second-order valence-corrected chi connectivity index (χ2v) is 4.37. The van der Waals surface area contributed by atoms with Crippen LogP contribution in [-0.4, -0.2) is 20.2 Å². The molecule has 1 aliphatic heterocycles. The Balaban J connectivity index is 2.13. The van der Waals surface area contributed by atoms with Crippen LogP contribution in [0.25, 0.3) is 0 Å². The molecular formula is C12H16ClNO. The van der Waals surface area contributed by atoms with Crippen LogP contribution < -0.4 is 10.1 Å². The molecule has 0 bridgehead atoms. The topological polar surface area (TPSA) is 21.3 Å². The van der Waals surface area contributed by atoms with Gasteiger partial charge in [-0.05, 0) is 43.5 Å². The second kappa shape index (κ2) is 4.86. The van der Waals surface area contributed by atoms with Crippen molar-refractivity contribution in [1.29, 1.82) is 0 Å². The fraction of sp³-hybridized carbons (Fsp3) is 0.500. The average Bonchev–Trinajstić information content (AvgIpc) is 2.74. The van der Waals surface area contributed by atoms with E-state index in [1.165, 1.54) is 12.0 Å². The highest BCUT2D eigenvalue weighted by atomic mass is 35.5. The van der Waals surface area contributed by atoms with Gasteiger partial charge in [0, 0.05) is 0 Å². The van der Waals surface area contributed by atoms with E-state index in [2.05, 4.69) is 11.4 Å². The largest absolute Gasteiger partial charge is 0.495 e. The molecule has 1 aromatic carbocycles. The number of nitrogens with one attached hydrogen (secondary N) is 1. The Kier molecular flexibility index (Phi) is 3.49. The fourth-order valence-corrected chi connectivity index (χ4v) is 2.35. The summed E-state index contributed by atoms with van der Waals surface area (Å²) in [5.41, 5.74) is 1.20. The summed E-state index contributed by atoms with van der Waals surface area (Å²) in [5.74, 6) is 1.50. The Bertz CT molecular complexity index is 334. The third-order valence-corrected chi connectivity index (χ3v) is 3.36. The summed E-state index contributed by atoms with van der Waals surface area (Å²) in [7, 11) is 1.65. The highest BCUT2D eigenvalue weighted by molar-refractivity contribution is 6.32. The molecule has 3 heteroatoms. The molecule has 1 saturated heterocycles. The number of ether oxygens (including phenoxy) is 1. The van der Waals surface area contributed by atoms with Crippen LogP contribution in [0, 0.1) is 5.92 Å². The molecule has 0 saturated carbocycles. The van der Waals surface area contributed by atoms with Crippen molar-refractivity contribution in [3.05, 3.63) is 28.8 Å². The number of methoxy groups -OCH3 is 1. The predicted octanol–water partition coefficient (Wildman–Crippen LogP) is 2.50. The molecule has 82 valence electrons. The standard InChI is InChI=1S/C12H16ClNO/c1-15-11-4-2-3-10(12(11)13)7-9-5-6-14-8-9/h2-4,9,14H,5-8H2,1H3. The molecule has 1 atom stereocenters. The molecule has 2 rings (SSSR count). The fourth-order valence-electron chi connectivity index (χ4n) is 2.07. The Morgan fingerprint density at radius 1 is 1.53 bits per heavy atom. The van der Waals surface area contributed by atoms with E-state index in [9.17, 15) is 0 Å². The molecule has 1 fully saturated rings. The molecule has 2 nitrogen and oxygen atoms in total. The minimum atomic E-state index is 0.717. The van der Waals surface area contributed by atoms with E-state index in [0.717, 1.165) is 36.2 Å². The molecule has 1 heterocycles. The van der Waals surface area contributed by atoms with Crippen LogP contribution in [0.2, 0.25) is 5.02 Å². The molecule has 0 spiro atoms. The number of rotatable bonds is 3. The van der Waals surface area contributed by atoms with Crippen LogP contribution in [0.3, 0.4) is 0 Å². The number of hydrogen-bond donors (Lipinski definition) is 1. The zero-order valence-electron chi connectivity index (χ0n) is 8.92. The monoisotopic (exact) mass is 225 g/mol. The summed E-state index contributed by atoms with van der Waals surface area (Å²) >= 11 is 6.24. The van der Waals surface area contributed by atoms with Crippen LogP contribution in [0.15, 0.2) is 18.2 Å². The summed E-state index contributed by atoms with van der Waals surface area (Å²) in [5, 5.41) is 4.14. The summed E-state index contributed by atoms with van der Waals surface area (Å²) in [6.45, 7) is 2.24. The van der Waals surface area contributed by atoms with Gasteiger partial charge in [-0.15, -0.1) is 0 Å². The zero-order chi connectivity index (χ0) is 10.7. The third kappa shape index (κ3) is 2.44. The summed E-state index contributed by atoms with van der Waals surface area (Å²) < 4.78 is 5.20. The van der Waals surface area contributed by atoms with Crippen LogP contribution in [-0.2, 0) is 6.42 Å². The van der Waals surface area contributed by atoms with E-state index in [-0.39, 0.29) is 0 Å². The highest BCUT2D eigenvalue weighted by Crippen LogP contribution is 2.30. The minimum absolute atomic E-state index is 0.717. The summed E-state index contributed by atoms with van der Waals surface area (Å²) in [4.78, 5) is 0. The molecule has 0 aromatic heterocycles. The lowest BCUT2D eigenvalue weighted by Gasteiger charge is -2.12. The maximum atomic E-state index is 6.24. The van der Waals surface area contributed by atoms with Gasteiger partial charge in [-0.3, -0.25) is 0 Å². The predicted molar refractivity (Wildman–Crippen MR) is 62.7 cm³/mol. The first-order valence-corrected chi connectivity index (χ1v) is 5.71. The van der Waals surface area contributed by atoms with E-state index >= 15 is 0 Å². The Morgan fingerprint density at radius 3 is 3.07 bits per heavy atom. The smallest absolute Gasteiger partial charge is 0.137 e. The molecule has 1 unspecified atom stereocenters. The van der Waals surface area contributed by atoms with Gasteiger partial charge >= 0.3 is 0 Å². The van der Waals surface area contributed by atoms with Crippen molar-refractivity contribution in [2.24, 2.45) is 5.92 Å². The maximum absolute atomic E-state index is 6.24. The SMILES string of the molecule is COc1cccc(CC2CCNC2)c1Cl.